The fraction of sp³-hybridized carbons (Fsp3) is 0.263. The van der Waals surface area contributed by atoms with E-state index in [4.69, 9.17) is 0 Å². The average Bonchev–Trinajstić information content (AvgIpc) is 2.67. The highest BCUT2D eigenvalue weighted by Crippen LogP contribution is 2.25. The second-order valence-corrected chi connectivity index (χ2v) is 5.72. The molecular formula is C19H20N2O2. The summed E-state index contributed by atoms with van der Waals surface area (Å²) in [5, 5.41) is 2.89. The summed E-state index contributed by atoms with van der Waals surface area (Å²) in [6.45, 7) is 2.64. The molecule has 0 saturated heterocycles. The van der Waals surface area contributed by atoms with Crippen molar-refractivity contribution in [2.45, 2.75) is 25.8 Å². The molecule has 1 atom stereocenters. The summed E-state index contributed by atoms with van der Waals surface area (Å²) in [6, 6.07) is 16.5. The van der Waals surface area contributed by atoms with E-state index >= 15 is 0 Å². The van der Waals surface area contributed by atoms with Gasteiger partial charge in [-0.05, 0) is 24.1 Å². The predicted octanol–water partition coefficient (Wildman–Crippen LogP) is 2.78. The molecule has 1 heterocycles. The largest absolute Gasteiger partial charge is 0.340 e. The molecule has 1 aliphatic heterocycles. The van der Waals surface area contributed by atoms with Crippen LogP contribution in [0.4, 0.5) is 5.69 Å². The van der Waals surface area contributed by atoms with Crippen LogP contribution in [0.1, 0.15) is 29.3 Å². The lowest BCUT2D eigenvalue weighted by molar-refractivity contribution is -0.120. The molecule has 0 saturated carbocycles. The lowest BCUT2D eigenvalue weighted by Gasteiger charge is -2.25. The molecular weight excluding hydrogens is 288 g/mol. The number of carbonyl (C=O) groups is 2. The molecule has 4 heteroatoms. The van der Waals surface area contributed by atoms with Gasteiger partial charge in [-0.2, -0.15) is 0 Å². The molecule has 0 bridgehead atoms. The summed E-state index contributed by atoms with van der Waals surface area (Å²) in [5.74, 6) is -0.234. The van der Waals surface area contributed by atoms with E-state index in [-0.39, 0.29) is 11.8 Å². The Morgan fingerprint density at radius 3 is 2.43 bits per heavy atom. The Balaban J connectivity index is 1.96. The van der Waals surface area contributed by atoms with Gasteiger partial charge < -0.3 is 10.2 Å². The molecule has 0 fully saturated rings. The fourth-order valence-corrected chi connectivity index (χ4v) is 2.95. The first-order valence-electron chi connectivity index (χ1n) is 7.96. The number of hydrogen-bond donors (Lipinski definition) is 1. The van der Waals surface area contributed by atoms with Gasteiger partial charge in [0.2, 0.25) is 5.91 Å². The van der Waals surface area contributed by atoms with Crippen molar-refractivity contribution in [1.29, 1.82) is 0 Å². The van der Waals surface area contributed by atoms with E-state index in [9.17, 15) is 9.59 Å². The second-order valence-electron chi connectivity index (χ2n) is 5.72. The first-order valence-corrected chi connectivity index (χ1v) is 7.96. The van der Waals surface area contributed by atoms with Crippen LogP contribution in [0.2, 0.25) is 0 Å². The molecule has 1 unspecified atom stereocenters. The monoisotopic (exact) mass is 308 g/mol. The third kappa shape index (κ3) is 3.11. The van der Waals surface area contributed by atoms with Gasteiger partial charge in [0.15, 0.2) is 0 Å². The molecule has 4 nitrogen and oxygen atoms in total. The third-order valence-electron chi connectivity index (χ3n) is 4.04. The van der Waals surface area contributed by atoms with Crippen LogP contribution < -0.4 is 10.2 Å². The van der Waals surface area contributed by atoms with Crippen LogP contribution in [-0.4, -0.2) is 24.4 Å². The molecule has 0 aliphatic carbocycles. The molecule has 0 spiro atoms. The Bertz CT molecular complexity index is 712. The normalized spacial score (nSPS) is 17.4. The van der Waals surface area contributed by atoms with Gasteiger partial charge in [0.25, 0.3) is 5.91 Å². The molecule has 1 aliphatic rings. The third-order valence-corrected chi connectivity index (χ3v) is 4.04. The summed E-state index contributed by atoms with van der Waals surface area (Å²) in [4.78, 5) is 27.2. The van der Waals surface area contributed by atoms with Gasteiger partial charge >= 0.3 is 0 Å². The molecule has 1 N–H and O–H groups in total. The number of hydrogen-bond acceptors (Lipinski definition) is 2. The molecule has 2 amide bonds. The maximum absolute atomic E-state index is 13.0. The van der Waals surface area contributed by atoms with Crippen molar-refractivity contribution in [2.24, 2.45) is 0 Å². The van der Waals surface area contributed by atoms with E-state index in [1.165, 1.54) is 0 Å². The maximum Gasteiger partial charge on any atom is 0.254 e. The number of anilines is 1. The second kappa shape index (κ2) is 6.65. The summed E-state index contributed by atoms with van der Waals surface area (Å²) >= 11 is 0. The summed E-state index contributed by atoms with van der Waals surface area (Å²) in [7, 11) is 0. The smallest absolute Gasteiger partial charge is 0.254 e. The van der Waals surface area contributed by atoms with Gasteiger partial charge in [-0.25, -0.2) is 0 Å². The van der Waals surface area contributed by atoms with Gasteiger partial charge in [-0.15, -0.1) is 0 Å². The molecule has 0 radical (unpaired) electrons. The molecule has 3 rings (SSSR count). The van der Waals surface area contributed by atoms with Crippen molar-refractivity contribution < 1.29 is 9.59 Å². The Hall–Kier alpha value is -2.62. The topological polar surface area (TPSA) is 49.4 Å². The van der Waals surface area contributed by atoms with E-state index in [1.807, 2.05) is 55.5 Å². The van der Waals surface area contributed by atoms with E-state index in [0.29, 0.717) is 24.2 Å². The van der Waals surface area contributed by atoms with Crippen LogP contribution in [-0.2, 0) is 11.2 Å². The van der Waals surface area contributed by atoms with Crippen molar-refractivity contribution in [3.63, 3.8) is 0 Å². The highest BCUT2D eigenvalue weighted by Gasteiger charge is 2.33. The number of carbonyl (C=O) groups excluding carboxylic acids is 2. The van der Waals surface area contributed by atoms with Crippen LogP contribution in [0, 0.1) is 0 Å². The van der Waals surface area contributed by atoms with Gasteiger partial charge in [-0.1, -0.05) is 49.4 Å². The summed E-state index contributed by atoms with van der Waals surface area (Å²) in [6.07, 6.45) is 1.34. The van der Waals surface area contributed by atoms with Crippen molar-refractivity contribution >= 4 is 17.5 Å². The molecule has 0 aromatic heterocycles. The zero-order valence-electron chi connectivity index (χ0n) is 13.2. The Morgan fingerprint density at radius 2 is 1.70 bits per heavy atom. The van der Waals surface area contributed by atoms with Crippen LogP contribution >= 0.6 is 0 Å². The van der Waals surface area contributed by atoms with E-state index in [1.54, 1.807) is 11.0 Å². The van der Waals surface area contributed by atoms with Crippen LogP contribution in [0.5, 0.6) is 0 Å². The van der Waals surface area contributed by atoms with Crippen molar-refractivity contribution in [1.82, 2.24) is 5.32 Å². The van der Waals surface area contributed by atoms with Gasteiger partial charge in [-0.3, -0.25) is 9.59 Å². The number of benzene rings is 2. The minimum absolute atomic E-state index is 0.0472. The maximum atomic E-state index is 13.0. The lowest BCUT2D eigenvalue weighted by Crippen LogP contribution is -2.47. The van der Waals surface area contributed by atoms with E-state index in [0.717, 1.165) is 12.0 Å². The minimum atomic E-state index is -0.538. The number of para-hydroxylation sites is 1. The first kappa shape index (κ1) is 15.3. The Morgan fingerprint density at radius 1 is 1.00 bits per heavy atom. The van der Waals surface area contributed by atoms with Gasteiger partial charge in [0.1, 0.15) is 6.04 Å². The SMILES string of the molecule is CCCN1C(=O)C(Cc2ccccc2)NC(=O)c2ccccc21. The predicted molar refractivity (Wildman–Crippen MR) is 90.5 cm³/mol. The first-order chi connectivity index (χ1) is 11.2. The molecule has 23 heavy (non-hydrogen) atoms. The summed E-state index contributed by atoms with van der Waals surface area (Å²) in [5.41, 5.74) is 2.30. The number of rotatable bonds is 4. The van der Waals surface area contributed by atoms with Crippen LogP contribution in [0.25, 0.3) is 0 Å². The molecule has 118 valence electrons. The standard InChI is InChI=1S/C19H20N2O2/c1-2-12-21-17-11-7-6-10-15(17)18(22)20-16(19(21)23)13-14-8-4-3-5-9-14/h3-11,16H,2,12-13H2,1H3,(H,20,22). The summed E-state index contributed by atoms with van der Waals surface area (Å²) < 4.78 is 0. The highest BCUT2D eigenvalue weighted by molar-refractivity contribution is 6.11. The van der Waals surface area contributed by atoms with Gasteiger partial charge in [0, 0.05) is 13.0 Å². The fourth-order valence-electron chi connectivity index (χ4n) is 2.95. The number of nitrogens with zero attached hydrogens (tertiary/aromatic N) is 1. The average molecular weight is 308 g/mol. The van der Waals surface area contributed by atoms with Crippen LogP contribution in [0.15, 0.2) is 54.6 Å². The van der Waals surface area contributed by atoms with E-state index in [2.05, 4.69) is 5.32 Å². The highest BCUT2D eigenvalue weighted by atomic mass is 16.2. The quantitative estimate of drug-likeness (QED) is 0.944. The van der Waals surface area contributed by atoms with Gasteiger partial charge in [0.05, 0.1) is 11.3 Å². The number of amides is 2. The lowest BCUT2D eigenvalue weighted by atomic mass is 10.0. The van der Waals surface area contributed by atoms with Crippen LogP contribution in [0.3, 0.4) is 0 Å². The zero-order valence-corrected chi connectivity index (χ0v) is 13.2. The zero-order chi connectivity index (χ0) is 16.2. The van der Waals surface area contributed by atoms with Crippen molar-refractivity contribution in [2.75, 3.05) is 11.4 Å². The van der Waals surface area contributed by atoms with E-state index < -0.39 is 6.04 Å². The number of fused-ring (bicyclic) bond motifs is 1. The van der Waals surface area contributed by atoms with Crippen molar-refractivity contribution in [3.8, 4) is 0 Å². The van der Waals surface area contributed by atoms with Crippen molar-refractivity contribution in [3.05, 3.63) is 65.7 Å². The minimum Gasteiger partial charge on any atom is -0.340 e. The molecule has 2 aromatic rings. The Kier molecular flexibility index (Phi) is 4.42. The number of nitrogens with one attached hydrogen (secondary N) is 1. The Labute approximate surface area is 136 Å². The molecule has 2 aromatic carbocycles.